The zero-order valence-electron chi connectivity index (χ0n) is 8.03. The molecule has 0 aromatic heterocycles. The molecule has 76 valence electrons. The molecular weight excluding hydrogens is 170 g/mol. The normalized spacial score (nSPS) is 24.3. The van der Waals surface area contributed by atoms with Crippen molar-refractivity contribution < 1.29 is 14.6 Å². The van der Waals surface area contributed by atoms with Crippen molar-refractivity contribution in [3.8, 4) is 0 Å². The van der Waals surface area contributed by atoms with Crippen molar-refractivity contribution in [2.75, 3.05) is 26.2 Å². The van der Waals surface area contributed by atoms with Gasteiger partial charge >= 0.3 is 5.97 Å². The van der Waals surface area contributed by atoms with Gasteiger partial charge in [-0.1, -0.05) is 0 Å². The first-order valence-corrected chi connectivity index (χ1v) is 4.78. The Morgan fingerprint density at radius 1 is 1.69 bits per heavy atom. The first-order valence-electron chi connectivity index (χ1n) is 4.78. The average Bonchev–Trinajstić information content (AvgIpc) is 2.04. The first-order chi connectivity index (χ1) is 6.22. The monoisotopic (exact) mass is 187 g/mol. The van der Waals surface area contributed by atoms with Crippen LogP contribution in [-0.4, -0.2) is 48.3 Å². The van der Waals surface area contributed by atoms with Crippen LogP contribution in [0.4, 0.5) is 0 Å². The average molecular weight is 187 g/mol. The number of aliphatic hydroxyl groups is 1. The van der Waals surface area contributed by atoms with Gasteiger partial charge in [0.25, 0.3) is 0 Å². The van der Waals surface area contributed by atoms with Gasteiger partial charge in [0.2, 0.25) is 0 Å². The highest BCUT2D eigenvalue weighted by molar-refractivity contribution is 5.71. The lowest BCUT2D eigenvalue weighted by molar-refractivity contribution is -0.145. The fourth-order valence-electron chi connectivity index (χ4n) is 1.56. The molecule has 1 heterocycles. The van der Waals surface area contributed by atoms with Crippen LogP contribution in [-0.2, 0) is 9.53 Å². The van der Waals surface area contributed by atoms with Gasteiger partial charge in [0.15, 0.2) is 0 Å². The maximum atomic E-state index is 11.1. The minimum absolute atomic E-state index is 0.198. The van der Waals surface area contributed by atoms with Gasteiger partial charge in [-0.3, -0.25) is 9.69 Å². The number of rotatable bonds is 3. The van der Waals surface area contributed by atoms with E-state index in [1.165, 1.54) is 0 Å². The number of ether oxygens (including phenoxy) is 1. The van der Waals surface area contributed by atoms with Gasteiger partial charge in [-0.05, 0) is 26.3 Å². The van der Waals surface area contributed by atoms with E-state index in [4.69, 9.17) is 4.74 Å². The molecule has 0 bridgehead atoms. The lowest BCUT2D eigenvalue weighted by Crippen LogP contribution is -2.41. The fraction of sp³-hybridized carbons (Fsp3) is 0.889. The molecule has 0 unspecified atom stereocenters. The van der Waals surface area contributed by atoms with Gasteiger partial charge in [0, 0.05) is 6.54 Å². The number of nitrogens with zero attached hydrogens (tertiary/aromatic N) is 1. The Morgan fingerprint density at radius 3 is 3.08 bits per heavy atom. The van der Waals surface area contributed by atoms with Crippen molar-refractivity contribution in [2.24, 2.45) is 0 Å². The molecular formula is C9H17NO3. The van der Waals surface area contributed by atoms with Crippen molar-refractivity contribution >= 4 is 5.97 Å². The number of hydrogen-bond donors (Lipinski definition) is 1. The molecule has 1 aliphatic rings. The summed E-state index contributed by atoms with van der Waals surface area (Å²) in [7, 11) is 0. The Hall–Kier alpha value is -0.610. The van der Waals surface area contributed by atoms with Crippen molar-refractivity contribution in [3.63, 3.8) is 0 Å². The number of aliphatic hydroxyl groups excluding tert-OH is 1. The Kier molecular flexibility index (Phi) is 4.18. The molecule has 4 nitrogen and oxygen atoms in total. The van der Waals surface area contributed by atoms with Crippen LogP contribution < -0.4 is 0 Å². The van der Waals surface area contributed by atoms with E-state index < -0.39 is 0 Å². The summed E-state index contributed by atoms with van der Waals surface area (Å²) in [6.45, 7) is 4.01. The van der Waals surface area contributed by atoms with Gasteiger partial charge in [-0.25, -0.2) is 0 Å². The molecule has 4 heteroatoms. The quantitative estimate of drug-likeness (QED) is 0.632. The molecule has 1 atom stereocenters. The second-order valence-electron chi connectivity index (χ2n) is 3.34. The smallest absolute Gasteiger partial charge is 0.320 e. The molecule has 1 aliphatic heterocycles. The molecule has 13 heavy (non-hydrogen) atoms. The SMILES string of the molecule is CCOC(=O)CN1CCC[C@@H](O)C1. The number of likely N-dealkylation sites (tertiary alicyclic amines) is 1. The van der Waals surface area contributed by atoms with Gasteiger partial charge in [0.05, 0.1) is 19.3 Å². The zero-order valence-corrected chi connectivity index (χ0v) is 8.03. The predicted octanol–water partition coefficient (Wildman–Crippen LogP) is 0.00620. The second kappa shape index (κ2) is 5.19. The minimum atomic E-state index is -0.275. The Bertz CT molecular complexity index is 172. The van der Waals surface area contributed by atoms with Crippen LogP contribution in [0.1, 0.15) is 19.8 Å². The number of piperidine rings is 1. The predicted molar refractivity (Wildman–Crippen MR) is 48.3 cm³/mol. The first kappa shape index (κ1) is 10.5. The zero-order chi connectivity index (χ0) is 9.68. The van der Waals surface area contributed by atoms with E-state index in [9.17, 15) is 9.90 Å². The maximum absolute atomic E-state index is 11.1. The molecule has 0 radical (unpaired) electrons. The summed E-state index contributed by atoms with van der Waals surface area (Å²) in [5.74, 6) is -0.198. The van der Waals surface area contributed by atoms with Crippen LogP contribution >= 0.6 is 0 Å². The summed E-state index contributed by atoms with van der Waals surface area (Å²) < 4.78 is 4.82. The molecule has 1 saturated heterocycles. The highest BCUT2D eigenvalue weighted by Gasteiger charge is 2.19. The van der Waals surface area contributed by atoms with Gasteiger partial charge in [-0.15, -0.1) is 0 Å². The van der Waals surface area contributed by atoms with Crippen molar-refractivity contribution in [1.82, 2.24) is 4.90 Å². The largest absolute Gasteiger partial charge is 0.465 e. The molecule has 1 rings (SSSR count). The number of esters is 1. The van der Waals surface area contributed by atoms with E-state index in [0.29, 0.717) is 19.7 Å². The van der Waals surface area contributed by atoms with Crippen LogP contribution in [0.15, 0.2) is 0 Å². The van der Waals surface area contributed by atoms with Crippen molar-refractivity contribution in [3.05, 3.63) is 0 Å². The molecule has 0 aliphatic carbocycles. The van der Waals surface area contributed by atoms with Gasteiger partial charge < -0.3 is 9.84 Å². The number of carbonyl (C=O) groups excluding carboxylic acids is 1. The topological polar surface area (TPSA) is 49.8 Å². The Labute approximate surface area is 78.5 Å². The van der Waals surface area contributed by atoms with Crippen molar-refractivity contribution in [1.29, 1.82) is 0 Å². The van der Waals surface area contributed by atoms with E-state index in [2.05, 4.69) is 0 Å². The molecule has 0 spiro atoms. The van der Waals surface area contributed by atoms with Gasteiger partial charge in [-0.2, -0.15) is 0 Å². The van der Waals surface area contributed by atoms with Crippen LogP contribution in [0.2, 0.25) is 0 Å². The standard InChI is InChI=1S/C9H17NO3/c1-2-13-9(12)7-10-5-3-4-8(11)6-10/h8,11H,2-7H2,1H3/t8-/m1/s1. The molecule has 1 fully saturated rings. The highest BCUT2D eigenvalue weighted by Crippen LogP contribution is 2.09. The Morgan fingerprint density at radius 2 is 2.46 bits per heavy atom. The van der Waals surface area contributed by atoms with Crippen LogP contribution in [0.5, 0.6) is 0 Å². The lowest BCUT2D eigenvalue weighted by atomic mass is 10.1. The molecule has 0 saturated carbocycles. The van der Waals surface area contributed by atoms with Crippen LogP contribution in [0.25, 0.3) is 0 Å². The lowest BCUT2D eigenvalue weighted by Gasteiger charge is -2.28. The second-order valence-corrected chi connectivity index (χ2v) is 3.34. The maximum Gasteiger partial charge on any atom is 0.320 e. The van der Waals surface area contributed by atoms with E-state index in [0.717, 1.165) is 19.4 Å². The van der Waals surface area contributed by atoms with Crippen molar-refractivity contribution in [2.45, 2.75) is 25.9 Å². The summed E-state index contributed by atoms with van der Waals surface area (Å²) in [4.78, 5) is 13.0. The Balaban J connectivity index is 2.23. The fourth-order valence-corrected chi connectivity index (χ4v) is 1.56. The molecule has 1 N–H and O–H groups in total. The minimum Gasteiger partial charge on any atom is -0.465 e. The van der Waals surface area contributed by atoms with E-state index in [1.807, 2.05) is 4.90 Å². The summed E-state index contributed by atoms with van der Waals surface area (Å²) in [5, 5.41) is 9.33. The summed E-state index contributed by atoms with van der Waals surface area (Å²) in [5.41, 5.74) is 0. The highest BCUT2D eigenvalue weighted by atomic mass is 16.5. The molecule has 0 amide bonds. The molecule has 0 aromatic carbocycles. The van der Waals surface area contributed by atoms with Gasteiger partial charge in [0.1, 0.15) is 0 Å². The number of β-amino-alcohol motifs (C(OH)–C–C–N with tert-alkyl or cyclic N) is 1. The molecule has 0 aromatic rings. The third-order valence-corrected chi connectivity index (χ3v) is 2.14. The number of carbonyl (C=O) groups is 1. The third-order valence-electron chi connectivity index (χ3n) is 2.14. The van der Waals surface area contributed by atoms with Crippen LogP contribution in [0, 0.1) is 0 Å². The summed E-state index contributed by atoms with van der Waals surface area (Å²) in [6, 6.07) is 0. The summed E-state index contributed by atoms with van der Waals surface area (Å²) in [6.07, 6.45) is 1.53. The summed E-state index contributed by atoms with van der Waals surface area (Å²) >= 11 is 0. The van der Waals surface area contributed by atoms with Crippen LogP contribution in [0.3, 0.4) is 0 Å². The van der Waals surface area contributed by atoms with E-state index >= 15 is 0 Å². The van der Waals surface area contributed by atoms with E-state index in [1.54, 1.807) is 6.92 Å². The number of hydrogen-bond acceptors (Lipinski definition) is 4. The van der Waals surface area contributed by atoms with E-state index in [-0.39, 0.29) is 12.1 Å². The third kappa shape index (κ3) is 3.74.